The number of carbonyl (C=O) groups is 1. The molecule has 134 valence electrons. The van der Waals surface area contributed by atoms with E-state index in [1.807, 2.05) is 26.8 Å². The molecule has 1 aromatic carbocycles. The summed E-state index contributed by atoms with van der Waals surface area (Å²) >= 11 is 0. The molecule has 0 radical (unpaired) electrons. The van der Waals surface area contributed by atoms with Gasteiger partial charge in [0, 0.05) is 24.9 Å². The number of hydrogen-bond acceptors (Lipinski definition) is 4. The minimum absolute atomic E-state index is 0.0761. The highest BCUT2D eigenvalue weighted by Gasteiger charge is 2.51. The molecular formula is C19H23FN2O3. The number of halogens is 1. The van der Waals surface area contributed by atoms with Gasteiger partial charge in [-0.05, 0) is 51.3 Å². The topological polar surface area (TPSA) is 73.6 Å². The van der Waals surface area contributed by atoms with Crippen LogP contribution >= 0.6 is 0 Å². The lowest BCUT2D eigenvalue weighted by atomic mass is 9.80. The number of fused-ring (bicyclic) bond motifs is 2. The highest BCUT2D eigenvalue weighted by molar-refractivity contribution is 5.70. The van der Waals surface area contributed by atoms with Gasteiger partial charge in [0.1, 0.15) is 17.5 Å². The van der Waals surface area contributed by atoms with Crippen LogP contribution in [0, 0.1) is 17.1 Å². The summed E-state index contributed by atoms with van der Waals surface area (Å²) in [4.78, 5) is 14.2. The summed E-state index contributed by atoms with van der Waals surface area (Å²) < 4.78 is 19.1. The number of benzene rings is 1. The Bertz CT molecular complexity index is 721. The first-order valence-corrected chi connectivity index (χ1v) is 8.57. The molecule has 2 bridgehead atoms. The van der Waals surface area contributed by atoms with E-state index in [1.54, 1.807) is 4.90 Å². The van der Waals surface area contributed by atoms with Gasteiger partial charge in [-0.15, -0.1) is 0 Å². The maximum absolute atomic E-state index is 13.6. The van der Waals surface area contributed by atoms with E-state index >= 15 is 0 Å². The Morgan fingerprint density at radius 2 is 1.96 bits per heavy atom. The zero-order valence-electron chi connectivity index (χ0n) is 14.8. The van der Waals surface area contributed by atoms with Crippen molar-refractivity contribution in [2.45, 2.75) is 69.7 Å². The Balaban J connectivity index is 1.84. The zero-order chi connectivity index (χ0) is 18.4. The fourth-order valence-electron chi connectivity index (χ4n) is 3.97. The number of hydrogen-bond donors (Lipinski definition) is 1. The molecule has 2 aliphatic rings. The summed E-state index contributed by atoms with van der Waals surface area (Å²) in [7, 11) is 0. The smallest absolute Gasteiger partial charge is 0.410 e. The van der Waals surface area contributed by atoms with E-state index in [0.29, 0.717) is 18.4 Å². The van der Waals surface area contributed by atoms with Crippen LogP contribution in [-0.4, -0.2) is 33.8 Å². The molecule has 3 rings (SSSR count). The number of carbonyl (C=O) groups excluding carboxylic acids is 1. The zero-order valence-corrected chi connectivity index (χ0v) is 14.8. The molecule has 2 heterocycles. The Morgan fingerprint density at radius 1 is 1.36 bits per heavy atom. The number of rotatable bonds is 1. The largest absolute Gasteiger partial charge is 0.444 e. The predicted octanol–water partition coefficient (Wildman–Crippen LogP) is 3.45. The molecule has 2 aliphatic heterocycles. The van der Waals surface area contributed by atoms with Gasteiger partial charge < -0.3 is 14.7 Å². The molecule has 2 unspecified atom stereocenters. The van der Waals surface area contributed by atoms with Crippen molar-refractivity contribution in [3.8, 4) is 6.07 Å². The number of amides is 1. The van der Waals surface area contributed by atoms with Crippen molar-refractivity contribution in [2.24, 2.45) is 0 Å². The van der Waals surface area contributed by atoms with E-state index in [0.717, 1.165) is 12.8 Å². The second kappa shape index (κ2) is 5.99. The second-order valence-corrected chi connectivity index (χ2v) is 8.02. The van der Waals surface area contributed by atoms with Gasteiger partial charge in [0.05, 0.1) is 11.2 Å². The van der Waals surface area contributed by atoms with E-state index in [-0.39, 0.29) is 23.7 Å². The van der Waals surface area contributed by atoms with Crippen LogP contribution in [0.25, 0.3) is 0 Å². The Morgan fingerprint density at radius 3 is 2.48 bits per heavy atom. The van der Waals surface area contributed by atoms with Crippen molar-refractivity contribution in [3.63, 3.8) is 0 Å². The van der Waals surface area contributed by atoms with Crippen molar-refractivity contribution >= 4 is 6.09 Å². The van der Waals surface area contributed by atoms with Gasteiger partial charge in [-0.3, -0.25) is 0 Å². The first-order valence-electron chi connectivity index (χ1n) is 8.57. The van der Waals surface area contributed by atoms with E-state index in [4.69, 9.17) is 10.00 Å². The quantitative estimate of drug-likeness (QED) is 0.845. The summed E-state index contributed by atoms with van der Waals surface area (Å²) in [6, 6.07) is 5.74. The SMILES string of the molecule is CC(C)(C)OC(=O)N1C2CCC1CC(O)(c1ccc(F)c(C#N)c1)C2. The molecule has 5 nitrogen and oxygen atoms in total. The van der Waals surface area contributed by atoms with Crippen molar-refractivity contribution in [3.05, 3.63) is 35.1 Å². The van der Waals surface area contributed by atoms with Gasteiger partial charge in [-0.1, -0.05) is 6.07 Å². The minimum atomic E-state index is -1.16. The van der Waals surface area contributed by atoms with Gasteiger partial charge in [0.15, 0.2) is 0 Å². The molecule has 1 N–H and O–H groups in total. The number of ether oxygens (including phenoxy) is 1. The number of piperidine rings is 1. The lowest BCUT2D eigenvalue weighted by Crippen LogP contribution is -2.53. The van der Waals surface area contributed by atoms with E-state index in [1.165, 1.54) is 18.2 Å². The molecule has 0 saturated carbocycles. The third-order valence-corrected chi connectivity index (χ3v) is 4.99. The van der Waals surface area contributed by atoms with Crippen LogP contribution in [-0.2, 0) is 10.3 Å². The number of nitriles is 1. The molecule has 1 amide bonds. The molecular weight excluding hydrogens is 323 g/mol. The molecule has 0 spiro atoms. The summed E-state index contributed by atoms with van der Waals surface area (Å²) in [5.41, 5.74) is -1.27. The fraction of sp³-hybridized carbons (Fsp3) is 0.579. The fourth-order valence-corrected chi connectivity index (χ4v) is 3.97. The maximum atomic E-state index is 13.6. The summed E-state index contributed by atoms with van der Waals surface area (Å²) in [5, 5.41) is 20.2. The predicted molar refractivity (Wildman–Crippen MR) is 89.1 cm³/mol. The van der Waals surface area contributed by atoms with Gasteiger partial charge in [-0.2, -0.15) is 5.26 Å². The molecule has 6 heteroatoms. The Hall–Kier alpha value is -2.13. The van der Waals surface area contributed by atoms with Gasteiger partial charge in [0.2, 0.25) is 0 Å². The van der Waals surface area contributed by atoms with Crippen LogP contribution in [0.4, 0.5) is 9.18 Å². The second-order valence-electron chi connectivity index (χ2n) is 8.02. The monoisotopic (exact) mass is 346 g/mol. The third kappa shape index (κ3) is 3.34. The minimum Gasteiger partial charge on any atom is -0.444 e. The van der Waals surface area contributed by atoms with Crippen molar-refractivity contribution in [1.29, 1.82) is 5.26 Å². The van der Waals surface area contributed by atoms with Crippen LogP contribution in [0.2, 0.25) is 0 Å². The lowest BCUT2D eigenvalue weighted by Gasteiger charge is -2.44. The van der Waals surface area contributed by atoms with Crippen LogP contribution in [0.1, 0.15) is 57.6 Å². The first-order chi connectivity index (χ1) is 11.6. The Kier molecular flexibility index (Phi) is 4.24. The summed E-state index contributed by atoms with van der Waals surface area (Å²) in [5.74, 6) is -0.594. The van der Waals surface area contributed by atoms with E-state index in [9.17, 15) is 14.3 Å². The molecule has 25 heavy (non-hydrogen) atoms. The average Bonchev–Trinajstić information content (AvgIpc) is 2.79. The van der Waals surface area contributed by atoms with Crippen molar-refractivity contribution in [1.82, 2.24) is 4.90 Å². The summed E-state index contributed by atoms with van der Waals surface area (Å²) in [6.45, 7) is 5.49. The van der Waals surface area contributed by atoms with E-state index < -0.39 is 17.0 Å². The lowest BCUT2D eigenvalue weighted by molar-refractivity contribution is -0.0624. The average molecular weight is 346 g/mol. The molecule has 0 aliphatic carbocycles. The normalized spacial score (nSPS) is 28.6. The van der Waals surface area contributed by atoms with Gasteiger partial charge in [0.25, 0.3) is 0 Å². The summed E-state index contributed by atoms with van der Waals surface area (Å²) in [6.07, 6.45) is 1.98. The molecule has 1 aromatic rings. The molecule has 2 saturated heterocycles. The van der Waals surface area contributed by atoms with Gasteiger partial charge >= 0.3 is 6.09 Å². The van der Waals surface area contributed by atoms with E-state index in [2.05, 4.69) is 0 Å². The highest BCUT2D eigenvalue weighted by atomic mass is 19.1. The molecule has 0 aromatic heterocycles. The maximum Gasteiger partial charge on any atom is 0.410 e. The van der Waals surface area contributed by atoms with Crippen LogP contribution in [0.15, 0.2) is 18.2 Å². The third-order valence-electron chi connectivity index (χ3n) is 4.99. The first kappa shape index (κ1) is 17.7. The molecule has 2 fully saturated rings. The van der Waals surface area contributed by atoms with Crippen LogP contribution in [0.3, 0.4) is 0 Å². The standard InChI is InChI=1S/C19H23FN2O3/c1-18(2,3)25-17(23)22-14-5-6-15(22)10-19(24,9-14)13-4-7-16(20)12(8-13)11-21/h4,7-8,14-15,24H,5-6,9-10H2,1-3H3. The number of nitrogens with zero attached hydrogens (tertiary/aromatic N) is 2. The van der Waals surface area contributed by atoms with Crippen LogP contribution in [0.5, 0.6) is 0 Å². The number of aliphatic hydroxyl groups is 1. The van der Waals surface area contributed by atoms with Gasteiger partial charge in [-0.25, -0.2) is 9.18 Å². The van der Waals surface area contributed by atoms with Crippen molar-refractivity contribution in [2.75, 3.05) is 0 Å². The van der Waals surface area contributed by atoms with Crippen molar-refractivity contribution < 1.29 is 19.0 Å². The highest BCUT2D eigenvalue weighted by Crippen LogP contribution is 2.46. The Labute approximate surface area is 147 Å². The van der Waals surface area contributed by atoms with Crippen LogP contribution < -0.4 is 0 Å². The molecule has 2 atom stereocenters.